The Balaban J connectivity index is 0.00000320. The van der Waals surface area contributed by atoms with E-state index in [-0.39, 0.29) is 36.5 Å². The van der Waals surface area contributed by atoms with Crippen LogP contribution in [-0.4, -0.2) is 69.3 Å². The number of benzene rings is 1. The highest BCUT2D eigenvalue weighted by atomic mass is 127. The number of ether oxygens (including phenoxy) is 2. The highest BCUT2D eigenvalue weighted by Crippen LogP contribution is 2.19. The molecule has 1 aliphatic carbocycles. The van der Waals surface area contributed by atoms with Crippen molar-refractivity contribution in [2.45, 2.75) is 38.6 Å². The number of hydrogen-bond acceptors (Lipinski definition) is 4. The van der Waals surface area contributed by atoms with Gasteiger partial charge in [0.2, 0.25) is 0 Å². The number of aliphatic imine (C=N–C) groups is 1. The molecule has 168 valence electrons. The summed E-state index contributed by atoms with van der Waals surface area (Å²) in [6.45, 7) is 6.61. The molecule has 0 bridgehead atoms. The number of halogens is 1. The van der Waals surface area contributed by atoms with Crippen molar-refractivity contribution in [2.75, 3.05) is 46.5 Å². The average Bonchev–Trinajstić information content (AvgIpc) is 3.41. The van der Waals surface area contributed by atoms with Gasteiger partial charge in [0.05, 0.1) is 6.61 Å². The Bertz CT molecular complexity index is 679. The molecule has 1 unspecified atom stereocenters. The van der Waals surface area contributed by atoms with Crippen LogP contribution in [0.2, 0.25) is 0 Å². The number of methoxy groups -OCH3 is 1. The Morgan fingerprint density at radius 1 is 1.23 bits per heavy atom. The molecule has 0 radical (unpaired) electrons. The summed E-state index contributed by atoms with van der Waals surface area (Å²) >= 11 is 0. The lowest BCUT2D eigenvalue weighted by Crippen LogP contribution is -2.40. The number of nitrogens with zero attached hydrogens (tertiary/aromatic N) is 2. The van der Waals surface area contributed by atoms with Crippen LogP contribution in [0.1, 0.15) is 31.7 Å². The van der Waals surface area contributed by atoms with Crippen LogP contribution >= 0.6 is 24.0 Å². The van der Waals surface area contributed by atoms with Crippen LogP contribution in [0.5, 0.6) is 5.75 Å². The van der Waals surface area contributed by atoms with Crippen molar-refractivity contribution in [3.05, 3.63) is 29.8 Å². The molecule has 8 heteroatoms. The maximum atomic E-state index is 11.7. The van der Waals surface area contributed by atoms with Gasteiger partial charge in [-0.05, 0) is 50.3 Å². The minimum Gasteiger partial charge on any atom is -0.484 e. The predicted octanol–water partition coefficient (Wildman–Crippen LogP) is 2.44. The summed E-state index contributed by atoms with van der Waals surface area (Å²) in [7, 11) is 1.77. The lowest BCUT2D eigenvalue weighted by Gasteiger charge is -2.21. The molecule has 1 saturated carbocycles. The van der Waals surface area contributed by atoms with Crippen molar-refractivity contribution in [1.82, 2.24) is 15.5 Å². The molecule has 1 aliphatic heterocycles. The van der Waals surface area contributed by atoms with Crippen LogP contribution in [0.15, 0.2) is 29.3 Å². The molecule has 1 atom stereocenters. The second-order valence-electron chi connectivity index (χ2n) is 7.82. The van der Waals surface area contributed by atoms with Crippen LogP contribution in [-0.2, 0) is 16.0 Å². The average molecular weight is 530 g/mol. The molecule has 3 rings (SSSR count). The number of hydrogen-bond donors (Lipinski definition) is 2. The number of likely N-dealkylation sites (tertiary alicyclic amines) is 1. The Kier molecular flexibility index (Phi) is 10.7. The molecular weight excluding hydrogens is 495 g/mol. The zero-order valence-electron chi connectivity index (χ0n) is 18.1. The van der Waals surface area contributed by atoms with Gasteiger partial charge in [0.15, 0.2) is 12.6 Å². The smallest absolute Gasteiger partial charge is 0.258 e. The first-order valence-electron chi connectivity index (χ1n) is 10.7. The molecule has 2 aliphatic rings. The van der Waals surface area contributed by atoms with Gasteiger partial charge in [-0.3, -0.25) is 9.79 Å². The summed E-state index contributed by atoms with van der Waals surface area (Å²) < 4.78 is 10.8. The zero-order valence-corrected chi connectivity index (χ0v) is 20.4. The van der Waals surface area contributed by atoms with E-state index in [4.69, 9.17) is 14.5 Å². The molecule has 0 aromatic heterocycles. The van der Waals surface area contributed by atoms with Crippen molar-refractivity contribution in [2.24, 2.45) is 10.9 Å². The topological polar surface area (TPSA) is 75.2 Å². The van der Waals surface area contributed by atoms with Crippen molar-refractivity contribution in [3.8, 4) is 5.75 Å². The van der Waals surface area contributed by atoms with E-state index in [2.05, 4.69) is 22.5 Å². The van der Waals surface area contributed by atoms with E-state index in [0.717, 1.165) is 70.2 Å². The molecule has 1 heterocycles. The monoisotopic (exact) mass is 530 g/mol. The quantitative estimate of drug-likeness (QED) is 0.276. The molecule has 1 aromatic carbocycles. The fourth-order valence-electron chi connectivity index (χ4n) is 3.51. The number of nitrogens with one attached hydrogen (secondary N) is 2. The largest absolute Gasteiger partial charge is 0.484 e. The normalized spacial score (nSPS) is 18.7. The first-order chi connectivity index (χ1) is 14.2. The van der Waals surface area contributed by atoms with Gasteiger partial charge in [0, 0.05) is 45.2 Å². The highest BCUT2D eigenvalue weighted by molar-refractivity contribution is 14.0. The first-order valence-corrected chi connectivity index (χ1v) is 10.7. The Morgan fingerprint density at radius 2 is 2.00 bits per heavy atom. The summed E-state index contributed by atoms with van der Waals surface area (Å²) in [4.78, 5) is 18.8. The lowest BCUT2D eigenvalue weighted by molar-refractivity contribution is -0.123. The van der Waals surface area contributed by atoms with Crippen LogP contribution in [0.4, 0.5) is 0 Å². The van der Waals surface area contributed by atoms with E-state index in [1.54, 1.807) is 7.11 Å². The molecule has 30 heavy (non-hydrogen) atoms. The van der Waals surface area contributed by atoms with Crippen LogP contribution in [0.3, 0.4) is 0 Å². The Hall–Kier alpha value is -1.55. The fraction of sp³-hybridized carbons (Fsp3) is 0.636. The lowest BCUT2D eigenvalue weighted by atomic mass is 10.1. The van der Waals surface area contributed by atoms with Crippen molar-refractivity contribution in [1.29, 1.82) is 0 Å². The second-order valence-corrected chi connectivity index (χ2v) is 7.82. The molecular formula is C22H35IN4O3. The second kappa shape index (κ2) is 13.0. The minimum absolute atomic E-state index is 0. The van der Waals surface area contributed by atoms with Gasteiger partial charge in [-0.25, -0.2) is 0 Å². The van der Waals surface area contributed by atoms with E-state index >= 15 is 0 Å². The van der Waals surface area contributed by atoms with Crippen molar-refractivity contribution >= 4 is 35.8 Å². The molecule has 1 aromatic rings. The van der Waals surface area contributed by atoms with Crippen molar-refractivity contribution in [3.63, 3.8) is 0 Å². The Labute approximate surface area is 197 Å². The summed E-state index contributed by atoms with van der Waals surface area (Å²) in [6, 6.07) is 8.30. The molecule has 1 amide bonds. The van der Waals surface area contributed by atoms with E-state index < -0.39 is 0 Å². The molecule has 7 nitrogen and oxygen atoms in total. The molecule has 2 N–H and O–H groups in total. The highest BCUT2D eigenvalue weighted by Gasteiger charge is 2.24. The minimum atomic E-state index is -0.0449. The first kappa shape index (κ1) is 24.7. The van der Waals surface area contributed by atoms with Gasteiger partial charge in [-0.15, -0.1) is 24.0 Å². The summed E-state index contributed by atoms with van der Waals surface area (Å²) in [6.07, 6.45) is 4.19. The van der Waals surface area contributed by atoms with E-state index in [9.17, 15) is 4.79 Å². The number of rotatable bonds is 10. The van der Waals surface area contributed by atoms with Crippen LogP contribution in [0, 0.1) is 5.92 Å². The van der Waals surface area contributed by atoms with Gasteiger partial charge < -0.3 is 25.0 Å². The zero-order chi connectivity index (χ0) is 20.5. The third-order valence-corrected chi connectivity index (χ3v) is 5.22. The summed E-state index contributed by atoms with van der Waals surface area (Å²) in [5.41, 5.74) is 1.21. The van der Waals surface area contributed by atoms with Crippen LogP contribution in [0.25, 0.3) is 0 Å². The maximum Gasteiger partial charge on any atom is 0.258 e. The van der Waals surface area contributed by atoms with Gasteiger partial charge in [-0.1, -0.05) is 12.1 Å². The third-order valence-electron chi connectivity index (χ3n) is 5.22. The van der Waals surface area contributed by atoms with Gasteiger partial charge in [0.1, 0.15) is 5.75 Å². The molecule has 2 fully saturated rings. The van der Waals surface area contributed by atoms with E-state index in [0.29, 0.717) is 12.0 Å². The Morgan fingerprint density at radius 3 is 2.67 bits per heavy atom. The predicted molar refractivity (Wildman–Crippen MR) is 130 cm³/mol. The van der Waals surface area contributed by atoms with Gasteiger partial charge >= 0.3 is 0 Å². The summed E-state index contributed by atoms with van der Waals surface area (Å²) in [5, 5.41) is 6.33. The number of carbonyl (C=O) groups excluding carboxylic acids is 1. The standard InChI is InChI=1S/C22H34N4O3.HI/c1-3-23-22(26-13-11-18(14-26)15-28-2)24-12-10-17-4-8-20(9-5-17)29-16-21(27)25-19-6-7-19;/h4-5,8-9,18-19H,3,6-7,10-16H2,1-2H3,(H,23,24)(H,25,27);1H. The van der Waals surface area contributed by atoms with Gasteiger partial charge in [-0.2, -0.15) is 0 Å². The maximum absolute atomic E-state index is 11.7. The van der Waals surface area contributed by atoms with Crippen LogP contribution < -0.4 is 15.4 Å². The number of guanidine groups is 1. The molecule has 1 saturated heterocycles. The fourth-order valence-corrected chi connectivity index (χ4v) is 3.51. The third kappa shape index (κ3) is 8.29. The van der Waals surface area contributed by atoms with E-state index in [1.165, 1.54) is 5.56 Å². The number of amides is 1. The van der Waals surface area contributed by atoms with Crippen molar-refractivity contribution < 1.29 is 14.3 Å². The SMILES string of the molecule is CCNC(=NCCc1ccc(OCC(=O)NC2CC2)cc1)N1CCC(COC)C1.I. The molecule has 0 spiro atoms. The van der Waals surface area contributed by atoms with Gasteiger partial charge in [0.25, 0.3) is 5.91 Å². The van der Waals surface area contributed by atoms with E-state index in [1.807, 2.05) is 24.3 Å². The number of carbonyl (C=O) groups is 1. The summed E-state index contributed by atoms with van der Waals surface area (Å²) in [5.74, 6) is 2.25.